The van der Waals surface area contributed by atoms with Crippen LogP contribution in [0.5, 0.6) is 0 Å². The largest absolute Gasteiger partial charge is 0.355 e. The third-order valence-electron chi connectivity index (χ3n) is 2.54. The van der Waals surface area contributed by atoms with Crippen LogP contribution in [0, 0.1) is 11.7 Å². The van der Waals surface area contributed by atoms with Crippen LogP contribution in [0.3, 0.4) is 0 Å². The van der Waals surface area contributed by atoms with Gasteiger partial charge in [0.15, 0.2) is 0 Å². The van der Waals surface area contributed by atoms with Crippen LogP contribution >= 0.6 is 11.6 Å². The molecule has 0 aromatic heterocycles. The Kier molecular flexibility index (Phi) is 3.28. The molecular weight excluding hydrogens is 247 g/mol. The van der Waals surface area contributed by atoms with E-state index in [1.807, 2.05) is 0 Å². The number of halogens is 2. The molecular formula is C11H10ClFN2O2. The Morgan fingerprint density at radius 3 is 2.88 bits per heavy atom. The number of amides is 2. The van der Waals surface area contributed by atoms with Crippen molar-refractivity contribution in [2.45, 2.75) is 6.42 Å². The Morgan fingerprint density at radius 2 is 2.29 bits per heavy atom. The standard InChI is InChI=1S/C11H10ClFN2O2/c12-7-1-2-9(8(13)4-7)15-11(17)6-3-10(16)14-5-6/h1-2,4,6H,3,5H2,(H,14,16)(H,15,17). The molecule has 0 spiro atoms. The fourth-order valence-corrected chi connectivity index (χ4v) is 1.77. The van der Waals surface area contributed by atoms with E-state index < -0.39 is 11.7 Å². The summed E-state index contributed by atoms with van der Waals surface area (Å²) in [4.78, 5) is 22.6. The molecule has 1 aliphatic heterocycles. The Labute approximate surface area is 102 Å². The van der Waals surface area contributed by atoms with Crippen molar-refractivity contribution >= 4 is 29.1 Å². The summed E-state index contributed by atoms with van der Waals surface area (Å²) in [6.45, 7) is 0.292. The molecule has 4 nitrogen and oxygen atoms in total. The third kappa shape index (κ3) is 2.74. The van der Waals surface area contributed by atoms with Gasteiger partial charge in [0, 0.05) is 18.0 Å². The smallest absolute Gasteiger partial charge is 0.229 e. The second-order valence-electron chi connectivity index (χ2n) is 3.82. The maximum Gasteiger partial charge on any atom is 0.229 e. The van der Waals surface area contributed by atoms with Gasteiger partial charge in [-0.25, -0.2) is 4.39 Å². The molecule has 1 aliphatic rings. The molecule has 1 atom stereocenters. The summed E-state index contributed by atoms with van der Waals surface area (Å²) in [5, 5.41) is 5.24. The van der Waals surface area contributed by atoms with Crippen molar-refractivity contribution in [3.8, 4) is 0 Å². The van der Waals surface area contributed by atoms with Gasteiger partial charge in [-0.15, -0.1) is 0 Å². The number of carbonyl (C=O) groups excluding carboxylic acids is 2. The minimum Gasteiger partial charge on any atom is -0.355 e. The Bertz CT molecular complexity index is 479. The average molecular weight is 257 g/mol. The molecule has 1 saturated heterocycles. The zero-order chi connectivity index (χ0) is 12.4. The highest BCUT2D eigenvalue weighted by Gasteiger charge is 2.28. The van der Waals surface area contributed by atoms with E-state index >= 15 is 0 Å². The third-order valence-corrected chi connectivity index (χ3v) is 2.77. The van der Waals surface area contributed by atoms with Crippen molar-refractivity contribution in [3.63, 3.8) is 0 Å². The molecule has 0 bridgehead atoms. The van der Waals surface area contributed by atoms with Crippen LogP contribution in [0.1, 0.15) is 6.42 Å². The lowest BCUT2D eigenvalue weighted by molar-refractivity contribution is -0.123. The maximum absolute atomic E-state index is 13.4. The molecule has 1 unspecified atom stereocenters. The first-order valence-corrected chi connectivity index (χ1v) is 5.46. The molecule has 1 aromatic carbocycles. The first-order valence-electron chi connectivity index (χ1n) is 5.09. The van der Waals surface area contributed by atoms with Gasteiger partial charge in [0.1, 0.15) is 5.82 Å². The van der Waals surface area contributed by atoms with Gasteiger partial charge in [-0.05, 0) is 18.2 Å². The molecule has 0 radical (unpaired) electrons. The predicted molar refractivity (Wildman–Crippen MR) is 61.2 cm³/mol. The lowest BCUT2D eigenvalue weighted by Crippen LogP contribution is -2.25. The molecule has 2 N–H and O–H groups in total. The van der Waals surface area contributed by atoms with E-state index in [0.29, 0.717) is 6.54 Å². The van der Waals surface area contributed by atoms with Crippen molar-refractivity contribution < 1.29 is 14.0 Å². The minimum atomic E-state index is -0.594. The van der Waals surface area contributed by atoms with Gasteiger partial charge in [0.25, 0.3) is 0 Å². The first-order chi connectivity index (χ1) is 8.06. The van der Waals surface area contributed by atoms with Gasteiger partial charge in [0.05, 0.1) is 11.6 Å². The van der Waals surface area contributed by atoms with E-state index in [2.05, 4.69) is 10.6 Å². The number of rotatable bonds is 2. The molecule has 1 aromatic rings. The number of nitrogens with one attached hydrogen (secondary N) is 2. The summed E-state index contributed by atoms with van der Waals surface area (Å²) in [5.41, 5.74) is 0.0683. The number of hydrogen-bond acceptors (Lipinski definition) is 2. The highest BCUT2D eigenvalue weighted by Crippen LogP contribution is 2.20. The summed E-state index contributed by atoms with van der Waals surface area (Å²) in [6.07, 6.45) is 0.140. The number of anilines is 1. The average Bonchev–Trinajstić information content (AvgIpc) is 2.69. The molecule has 2 amide bonds. The Hall–Kier alpha value is -1.62. The lowest BCUT2D eigenvalue weighted by Gasteiger charge is -2.09. The molecule has 6 heteroatoms. The molecule has 1 fully saturated rings. The van der Waals surface area contributed by atoms with E-state index in [1.165, 1.54) is 12.1 Å². The summed E-state index contributed by atoms with van der Waals surface area (Å²) >= 11 is 5.59. The van der Waals surface area contributed by atoms with Crippen LogP contribution in [-0.4, -0.2) is 18.4 Å². The van der Waals surface area contributed by atoms with Gasteiger partial charge < -0.3 is 10.6 Å². The Morgan fingerprint density at radius 1 is 1.53 bits per heavy atom. The second kappa shape index (κ2) is 4.71. The van der Waals surface area contributed by atoms with Crippen LogP contribution in [0.4, 0.5) is 10.1 Å². The monoisotopic (exact) mass is 256 g/mol. The minimum absolute atomic E-state index is 0.0683. The summed E-state index contributed by atoms with van der Waals surface area (Å²) in [5.74, 6) is -1.58. The normalized spacial score (nSPS) is 18.9. The molecule has 0 saturated carbocycles. The van der Waals surface area contributed by atoms with E-state index in [9.17, 15) is 14.0 Å². The lowest BCUT2D eigenvalue weighted by atomic mass is 10.1. The van der Waals surface area contributed by atoms with Crippen LogP contribution in [0.15, 0.2) is 18.2 Å². The van der Waals surface area contributed by atoms with E-state index in [1.54, 1.807) is 0 Å². The van der Waals surface area contributed by atoms with Crippen molar-refractivity contribution in [3.05, 3.63) is 29.0 Å². The number of benzene rings is 1. The molecule has 17 heavy (non-hydrogen) atoms. The number of carbonyl (C=O) groups is 2. The molecule has 2 rings (SSSR count). The quantitative estimate of drug-likeness (QED) is 0.844. The van der Waals surface area contributed by atoms with Gasteiger partial charge in [-0.3, -0.25) is 9.59 Å². The SMILES string of the molecule is O=C1CC(C(=O)Nc2ccc(Cl)cc2F)CN1. The molecule has 0 aliphatic carbocycles. The van der Waals surface area contributed by atoms with Crippen molar-refractivity contribution in [1.82, 2.24) is 5.32 Å². The summed E-state index contributed by atoms with van der Waals surface area (Å²) in [6, 6.07) is 3.99. The fraction of sp³-hybridized carbons (Fsp3) is 0.273. The van der Waals surface area contributed by atoms with Gasteiger partial charge in [-0.2, -0.15) is 0 Å². The highest BCUT2D eigenvalue weighted by atomic mass is 35.5. The topological polar surface area (TPSA) is 58.2 Å². The number of hydrogen-bond donors (Lipinski definition) is 2. The van der Waals surface area contributed by atoms with E-state index in [4.69, 9.17) is 11.6 Å². The summed E-state index contributed by atoms with van der Waals surface area (Å²) in [7, 11) is 0. The first kappa shape index (κ1) is 11.9. The van der Waals surface area contributed by atoms with Crippen molar-refractivity contribution in [1.29, 1.82) is 0 Å². The van der Waals surface area contributed by atoms with Gasteiger partial charge in [0.2, 0.25) is 11.8 Å². The molecule has 1 heterocycles. The van der Waals surface area contributed by atoms with E-state index in [0.717, 1.165) is 6.07 Å². The zero-order valence-corrected chi connectivity index (χ0v) is 9.55. The Balaban J connectivity index is 2.05. The predicted octanol–water partition coefficient (Wildman–Crippen LogP) is 1.55. The van der Waals surface area contributed by atoms with Crippen molar-refractivity contribution in [2.24, 2.45) is 5.92 Å². The van der Waals surface area contributed by atoms with Crippen LogP contribution < -0.4 is 10.6 Å². The van der Waals surface area contributed by atoms with Crippen LogP contribution in [0.25, 0.3) is 0 Å². The van der Waals surface area contributed by atoms with E-state index in [-0.39, 0.29) is 28.9 Å². The van der Waals surface area contributed by atoms with Crippen molar-refractivity contribution in [2.75, 3.05) is 11.9 Å². The molecule has 90 valence electrons. The fourth-order valence-electron chi connectivity index (χ4n) is 1.62. The zero-order valence-electron chi connectivity index (χ0n) is 8.80. The highest BCUT2D eigenvalue weighted by molar-refractivity contribution is 6.30. The van der Waals surface area contributed by atoms with Gasteiger partial charge >= 0.3 is 0 Å². The summed E-state index contributed by atoms with van der Waals surface area (Å²) < 4.78 is 13.4. The maximum atomic E-state index is 13.4. The second-order valence-corrected chi connectivity index (χ2v) is 4.25. The van der Waals surface area contributed by atoms with Gasteiger partial charge in [-0.1, -0.05) is 11.6 Å². The van der Waals surface area contributed by atoms with Crippen LogP contribution in [0.2, 0.25) is 5.02 Å². The van der Waals surface area contributed by atoms with Crippen LogP contribution in [-0.2, 0) is 9.59 Å².